The van der Waals surface area contributed by atoms with E-state index in [-0.39, 0.29) is 28.6 Å². The first-order valence-electron chi connectivity index (χ1n) is 6.59. The van der Waals surface area contributed by atoms with E-state index in [2.05, 4.69) is 5.32 Å². The van der Waals surface area contributed by atoms with Crippen LogP contribution >= 0.6 is 11.6 Å². The number of benzene rings is 2. The van der Waals surface area contributed by atoms with E-state index < -0.39 is 12.1 Å². The third-order valence-electron chi connectivity index (χ3n) is 2.97. The second kappa shape index (κ2) is 7.51. The van der Waals surface area contributed by atoms with Crippen LogP contribution in [0.3, 0.4) is 0 Å². The van der Waals surface area contributed by atoms with Crippen molar-refractivity contribution in [3.8, 4) is 5.75 Å². The highest BCUT2D eigenvalue weighted by Crippen LogP contribution is 2.31. The number of carbonyl (C=O) groups is 2. The molecule has 0 spiro atoms. The maximum atomic E-state index is 11.8. The molecule has 0 aromatic heterocycles. The van der Waals surface area contributed by atoms with Crippen LogP contribution in [0.15, 0.2) is 42.5 Å². The molecule has 0 atom stereocenters. The first-order chi connectivity index (χ1) is 11.0. The molecule has 2 N–H and O–H groups in total. The van der Waals surface area contributed by atoms with Crippen LogP contribution in [0.5, 0.6) is 5.75 Å². The number of carboxylic acids is 1. The molecule has 0 unspecified atom stereocenters. The molecule has 0 bridgehead atoms. The highest BCUT2D eigenvalue weighted by Gasteiger charge is 2.17. The molecule has 0 aliphatic rings. The van der Waals surface area contributed by atoms with Crippen molar-refractivity contribution in [3.63, 3.8) is 0 Å². The summed E-state index contributed by atoms with van der Waals surface area (Å²) in [5, 5.41) is 11.8. The quantitative estimate of drug-likeness (QED) is 0.868. The predicted octanol–water partition coefficient (Wildman–Crippen LogP) is 3.80. The van der Waals surface area contributed by atoms with E-state index in [1.54, 1.807) is 12.1 Å². The number of hydrogen-bond acceptors (Lipinski definition) is 4. The lowest BCUT2D eigenvalue weighted by Crippen LogP contribution is -2.16. The molecule has 2 rings (SSSR count). The summed E-state index contributed by atoms with van der Waals surface area (Å²) in [4.78, 5) is 23.1. The van der Waals surface area contributed by atoms with Gasteiger partial charge in [0.25, 0.3) is 0 Å². The number of nitrogens with one attached hydrogen (secondary N) is 1. The lowest BCUT2D eigenvalue weighted by molar-refractivity contribution is 0.0697. The Kier molecular flexibility index (Phi) is 5.43. The number of carbonyl (C=O) groups excluding carboxylic acids is 1. The number of hydrogen-bond donors (Lipinski definition) is 2. The van der Waals surface area contributed by atoms with Crippen LogP contribution in [0.4, 0.5) is 10.5 Å². The van der Waals surface area contributed by atoms with Crippen LogP contribution in [0, 0.1) is 0 Å². The van der Waals surface area contributed by atoms with Gasteiger partial charge >= 0.3 is 12.1 Å². The van der Waals surface area contributed by atoms with Crippen LogP contribution in [0.2, 0.25) is 5.02 Å². The number of halogens is 1. The van der Waals surface area contributed by atoms with Crippen LogP contribution < -0.4 is 10.1 Å². The second-order valence-corrected chi connectivity index (χ2v) is 4.93. The van der Waals surface area contributed by atoms with Crippen molar-refractivity contribution in [3.05, 3.63) is 58.6 Å². The first-order valence-corrected chi connectivity index (χ1v) is 6.97. The average molecular weight is 336 g/mol. The van der Waals surface area contributed by atoms with Crippen molar-refractivity contribution >= 4 is 29.4 Å². The SMILES string of the molecule is COc1cc(C(=O)O)c(NC(=O)OCc2ccccc2)cc1Cl. The van der Waals surface area contributed by atoms with Gasteiger partial charge in [0, 0.05) is 0 Å². The zero-order chi connectivity index (χ0) is 16.8. The smallest absolute Gasteiger partial charge is 0.411 e. The molecule has 120 valence electrons. The molecule has 2 aromatic rings. The molecular formula is C16H14ClNO5. The third-order valence-corrected chi connectivity index (χ3v) is 3.27. The fraction of sp³-hybridized carbons (Fsp3) is 0.125. The second-order valence-electron chi connectivity index (χ2n) is 4.52. The van der Waals surface area contributed by atoms with Gasteiger partial charge in [-0.1, -0.05) is 41.9 Å². The number of methoxy groups -OCH3 is 1. The summed E-state index contributed by atoms with van der Waals surface area (Å²) in [6.07, 6.45) is -0.780. The number of rotatable bonds is 5. The van der Waals surface area contributed by atoms with Gasteiger partial charge in [0.2, 0.25) is 0 Å². The number of ether oxygens (including phenoxy) is 2. The van der Waals surface area contributed by atoms with Crippen molar-refractivity contribution in [2.45, 2.75) is 6.61 Å². The predicted molar refractivity (Wildman–Crippen MR) is 85.2 cm³/mol. The number of aromatic carboxylic acids is 1. The van der Waals surface area contributed by atoms with E-state index >= 15 is 0 Å². The van der Waals surface area contributed by atoms with Crippen LogP contribution in [0.25, 0.3) is 0 Å². The lowest BCUT2D eigenvalue weighted by Gasteiger charge is -2.12. The van der Waals surface area contributed by atoms with Gasteiger partial charge in [-0.3, -0.25) is 5.32 Å². The normalized spacial score (nSPS) is 10.0. The number of amides is 1. The molecule has 0 fully saturated rings. The summed E-state index contributed by atoms with van der Waals surface area (Å²) in [6.45, 7) is 0.0684. The molecule has 0 aliphatic heterocycles. The zero-order valence-corrected chi connectivity index (χ0v) is 13.0. The van der Waals surface area contributed by atoms with Crippen molar-refractivity contribution in [2.75, 3.05) is 12.4 Å². The van der Waals surface area contributed by atoms with Gasteiger partial charge in [0.05, 0.1) is 23.4 Å². The van der Waals surface area contributed by atoms with Crippen LogP contribution in [0.1, 0.15) is 15.9 Å². The fourth-order valence-electron chi connectivity index (χ4n) is 1.86. The van der Waals surface area contributed by atoms with Gasteiger partial charge < -0.3 is 14.6 Å². The Hall–Kier alpha value is -2.73. The van der Waals surface area contributed by atoms with E-state index in [9.17, 15) is 14.7 Å². The molecule has 0 radical (unpaired) electrons. The highest BCUT2D eigenvalue weighted by molar-refractivity contribution is 6.32. The van der Waals surface area contributed by atoms with Crippen molar-refractivity contribution in [1.82, 2.24) is 0 Å². The summed E-state index contributed by atoms with van der Waals surface area (Å²) in [5.41, 5.74) is 0.693. The Bertz CT molecular complexity index is 718. The minimum Gasteiger partial charge on any atom is -0.495 e. The van der Waals surface area contributed by atoms with Gasteiger partial charge in [-0.15, -0.1) is 0 Å². The van der Waals surface area contributed by atoms with Gasteiger partial charge in [-0.25, -0.2) is 9.59 Å². The maximum Gasteiger partial charge on any atom is 0.411 e. The summed E-state index contributed by atoms with van der Waals surface area (Å²) < 4.78 is 10.0. The topological polar surface area (TPSA) is 84.9 Å². The Morgan fingerprint density at radius 1 is 1.22 bits per heavy atom. The fourth-order valence-corrected chi connectivity index (χ4v) is 2.10. The van der Waals surface area contributed by atoms with Gasteiger partial charge in [0.15, 0.2) is 0 Å². The molecule has 1 amide bonds. The third kappa shape index (κ3) is 4.37. The van der Waals surface area contributed by atoms with E-state index in [1.807, 2.05) is 18.2 Å². The van der Waals surface area contributed by atoms with Crippen molar-refractivity contribution in [2.24, 2.45) is 0 Å². The maximum absolute atomic E-state index is 11.8. The van der Waals surface area contributed by atoms with Crippen molar-refractivity contribution in [1.29, 1.82) is 0 Å². The average Bonchev–Trinajstić information content (AvgIpc) is 2.54. The summed E-state index contributed by atoms with van der Waals surface area (Å²) >= 11 is 5.95. The van der Waals surface area contributed by atoms with E-state index in [1.165, 1.54) is 19.2 Å². The van der Waals surface area contributed by atoms with E-state index in [0.717, 1.165) is 5.56 Å². The molecule has 0 saturated carbocycles. The van der Waals surface area contributed by atoms with E-state index in [0.29, 0.717) is 0 Å². The molecule has 0 aliphatic carbocycles. The zero-order valence-electron chi connectivity index (χ0n) is 12.2. The minimum absolute atomic E-state index is 0.0290. The van der Waals surface area contributed by atoms with E-state index in [4.69, 9.17) is 21.1 Å². The molecule has 0 saturated heterocycles. The first kappa shape index (κ1) is 16.6. The molecule has 0 heterocycles. The summed E-state index contributed by atoms with van der Waals surface area (Å²) in [6, 6.07) is 11.6. The van der Waals surface area contributed by atoms with Gasteiger partial charge in [0.1, 0.15) is 12.4 Å². The Labute approximate surface area is 137 Å². The molecule has 2 aromatic carbocycles. The molecule has 7 heteroatoms. The van der Waals surface area contributed by atoms with Crippen LogP contribution in [-0.2, 0) is 11.3 Å². The Balaban J connectivity index is 2.11. The molecular weight excluding hydrogens is 322 g/mol. The lowest BCUT2D eigenvalue weighted by atomic mass is 10.1. The van der Waals surface area contributed by atoms with Gasteiger partial charge in [-0.2, -0.15) is 0 Å². The number of carboxylic acid groups (broad SMARTS) is 1. The minimum atomic E-state index is -1.22. The summed E-state index contributed by atoms with van der Waals surface area (Å²) in [5.74, 6) is -1.02. The molecule has 23 heavy (non-hydrogen) atoms. The largest absolute Gasteiger partial charge is 0.495 e. The highest BCUT2D eigenvalue weighted by atomic mass is 35.5. The molecule has 6 nitrogen and oxygen atoms in total. The Morgan fingerprint density at radius 2 is 1.91 bits per heavy atom. The van der Waals surface area contributed by atoms with Gasteiger partial charge in [-0.05, 0) is 17.7 Å². The Morgan fingerprint density at radius 3 is 2.52 bits per heavy atom. The van der Waals surface area contributed by atoms with Crippen molar-refractivity contribution < 1.29 is 24.2 Å². The standard InChI is InChI=1S/C16H14ClNO5/c1-22-14-7-11(15(19)20)13(8-12(14)17)18-16(21)23-9-10-5-3-2-4-6-10/h2-8H,9H2,1H3,(H,18,21)(H,19,20). The monoisotopic (exact) mass is 335 g/mol. The number of anilines is 1. The van der Waals surface area contributed by atoms with Crippen LogP contribution in [-0.4, -0.2) is 24.3 Å². The summed E-state index contributed by atoms with van der Waals surface area (Å²) in [7, 11) is 1.37.